The summed E-state index contributed by atoms with van der Waals surface area (Å²) in [5, 5.41) is 0.552. The average Bonchev–Trinajstić information content (AvgIpc) is 2.42. The first-order valence-electron chi connectivity index (χ1n) is 5.76. The third kappa shape index (κ3) is 2.23. The minimum Gasteiger partial charge on any atom is -0.435 e. The molecule has 4 nitrogen and oxygen atoms in total. The molecule has 0 unspecified atom stereocenters. The van der Waals surface area contributed by atoms with Crippen LogP contribution in [0, 0.1) is 11.6 Å². The van der Waals surface area contributed by atoms with E-state index in [1.807, 2.05) is 0 Å². The lowest BCUT2D eigenvalue weighted by molar-refractivity contribution is 0.427. The van der Waals surface area contributed by atoms with Gasteiger partial charge in [0, 0.05) is 11.8 Å². The number of nitrogens with two attached hydrogens (primary N) is 1. The molecule has 0 atom stereocenters. The number of hydrogen-bond donors (Lipinski definition) is 1. The van der Waals surface area contributed by atoms with Crippen LogP contribution < -0.4 is 10.5 Å². The van der Waals surface area contributed by atoms with Crippen LogP contribution in [0.3, 0.4) is 0 Å². The number of rotatable bonds is 2. The molecule has 2 aromatic carbocycles. The summed E-state index contributed by atoms with van der Waals surface area (Å²) in [4.78, 5) is 8.02. The van der Waals surface area contributed by atoms with Crippen LogP contribution in [0.4, 0.5) is 14.5 Å². The molecule has 0 amide bonds. The summed E-state index contributed by atoms with van der Waals surface area (Å²) in [5.74, 6) is -1.44. The van der Waals surface area contributed by atoms with Crippen molar-refractivity contribution in [1.82, 2.24) is 9.97 Å². The Bertz CT molecular complexity index is 792. The van der Waals surface area contributed by atoms with Crippen molar-refractivity contribution in [1.29, 1.82) is 0 Å². The van der Waals surface area contributed by atoms with Gasteiger partial charge in [-0.15, -0.1) is 0 Å². The number of fused-ring (bicyclic) bond motifs is 1. The predicted molar refractivity (Wildman–Crippen MR) is 70.4 cm³/mol. The topological polar surface area (TPSA) is 61.0 Å². The van der Waals surface area contributed by atoms with Crippen LogP contribution in [0.5, 0.6) is 11.6 Å². The summed E-state index contributed by atoms with van der Waals surface area (Å²) >= 11 is 0. The number of ether oxygens (including phenoxy) is 1. The third-order valence-corrected chi connectivity index (χ3v) is 2.72. The molecule has 0 bridgehead atoms. The highest BCUT2D eigenvalue weighted by atomic mass is 19.1. The Balaban J connectivity index is 2.08. The molecule has 6 heteroatoms. The molecule has 0 saturated carbocycles. The van der Waals surface area contributed by atoms with E-state index in [2.05, 4.69) is 9.97 Å². The molecule has 1 heterocycles. The molecule has 0 aliphatic heterocycles. The number of halogens is 2. The maximum atomic E-state index is 13.6. The zero-order valence-electron chi connectivity index (χ0n) is 10.2. The summed E-state index contributed by atoms with van der Waals surface area (Å²) in [6.45, 7) is 0. The van der Waals surface area contributed by atoms with E-state index >= 15 is 0 Å². The number of aromatic nitrogens is 2. The first kappa shape index (κ1) is 12.3. The first-order valence-corrected chi connectivity index (χ1v) is 5.76. The van der Waals surface area contributed by atoms with Gasteiger partial charge in [-0.1, -0.05) is 0 Å². The number of hydrogen-bond acceptors (Lipinski definition) is 4. The van der Waals surface area contributed by atoms with E-state index < -0.39 is 11.6 Å². The molecule has 0 fully saturated rings. The molecule has 20 heavy (non-hydrogen) atoms. The second-order valence-corrected chi connectivity index (χ2v) is 4.13. The summed E-state index contributed by atoms with van der Waals surface area (Å²) in [5.41, 5.74) is 6.83. The normalized spacial score (nSPS) is 10.7. The van der Waals surface area contributed by atoms with Crippen LogP contribution in [-0.2, 0) is 0 Å². The lowest BCUT2D eigenvalue weighted by Gasteiger charge is -2.08. The van der Waals surface area contributed by atoms with Crippen molar-refractivity contribution in [3.05, 3.63) is 54.4 Å². The van der Waals surface area contributed by atoms with Gasteiger partial charge in [0.05, 0.1) is 10.9 Å². The van der Waals surface area contributed by atoms with Crippen molar-refractivity contribution in [2.45, 2.75) is 0 Å². The minimum atomic E-state index is -0.805. The van der Waals surface area contributed by atoms with Gasteiger partial charge in [0.25, 0.3) is 0 Å². The molecule has 0 saturated heterocycles. The smallest absolute Gasteiger partial charge is 0.230 e. The highest BCUT2D eigenvalue weighted by Crippen LogP contribution is 2.29. The van der Waals surface area contributed by atoms with Crippen LogP contribution in [0.15, 0.2) is 42.7 Å². The molecule has 0 aliphatic rings. The van der Waals surface area contributed by atoms with Crippen molar-refractivity contribution in [2.75, 3.05) is 5.73 Å². The molecule has 100 valence electrons. The summed E-state index contributed by atoms with van der Waals surface area (Å²) in [6, 6.07) is 8.08. The van der Waals surface area contributed by atoms with E-state index in [4.69, 9.17) is 10.5 Å². The Morgan fingerprint density at radius 1 is 1.00 bits per heavy atom. The summed E-state index contributed by atoms with van der Waals surface area (Å²) < 4.78 is 31.8. The van der Waals surface area contributed by atoms with Crippen LogP contribution in [0.2, 0.25) is 0 Å². The van der Waals surface area contributed by atoms with E-state index in [1.165, 1.54) is 12.4 Å². The number of nitrogens with zero attached hydrogens (tertiary/aromatic N) is 2. The largest absolute Gasteiger partial charge is 0.435 e. The van der Waals surface area contributed by atoms with Gasteiger partial charge in [0.2, 0.25) is 5.88 Å². The summed E-state index contributed by atoms with van der Waals surface area (Å²) in [7, 11) is 0. The maximum absolute atomic E-state index is 13.6. The second-order valence-electron chi connectivity index (χ2n) is 4.13. The quantitative estimate of drug-likeness (QED) is 0.728. The third-order valence-electron chi connectivity index (χ3n) is 2.72. The predicted octanol–water partition coefficient (Wildman–Crippen LogP) is 3.28. The summed E-state index contributed by atoms with van der Waals surface area (Å²) in [6.07, 6.45) is 1.30. The maximum Gasteiger partial charge on any atom is 0.230 e. The minimum absolute atomic E-state index is 0.117. The van der Waals surface area contributed by atoms with E-state index in [0.29, 0.717) is 16.6 Å². The van der Waals surface area contributed by atoms with E-state index in [0.717, 1.165) is 12.1 Å². The highest BCUT2D eigenvalue weighted by molar-refractivity contribution is 5.86. The van der Waals surface area contributed by atoms with Gasteiger partial charge in [0.15, 0.2) is 11.6 Å². The van der Waals surface area contributed by atoms with Crippen molar-refractivity contribution in [3.8, 4) is 11.6 Å². The average molecular weight is 273 g/mol. The fourth-order valence-corrected chi connectivity index (χ4v) is 1.79. The van der Waals surface area contributed by atoms with Crippen LogP contribution in [0.25, 0.3) is 10.9 Å². The van der Waals surface area contributed by atoms with Crippen molar-refractivity contribution in [3.63, 3.8) is 0 Å². The number of anilines is 1. The second kappa shape index (κ2) is 4.73. The van der Waals surface area contributed by atoms with Gasteiger partial charge in [-0.25, -0.2) is 18.7 Å². The molecular formula is C14H9F2N3O. The zero-order valence-corrected chi connectivity index (χ0v) is 10.2. The first-order chi connectivity index (χ1) is 9.63. The molecule has 3 rings (SSSR count). The van der Waals surface area contributed by atoms with Crippen molar-refractivity contribution < 1.29 is 13.5 Å². The fourth-order valence-electron chi connectivity index (χ4n) is 1.79. The lowest BCUT2D eigenvalue weighted by atomic mass is 10.2. The van der Waals surface area contributed by atoms with Crippen molar-refractivity contribution >= 4 is 16.6 Å². The zero-order chi connectivity index (χ0) is 14.1. The van der Waals surface area contributed by atoms with Crippen LogP contribution >= 0.6 is 0 Å². The molecule has 0 aliphatic carbocycles. The van der Waals surface area contributed by atoms with Gasteiger partial charge in [0.1, 0.15) is 12.1 Å². The van der Waals surface area contributed by atoms with E-state index in [9.17, 15) is 8.78 Å². The Morgan fingerprint density at radius 3 is 2.65 bits per heavy atom. The standard InChI is InChI=1S/C14H9F2N3O/c15-8-1-4-13(11(16)5-8)20-14-10-6-9(17)2-3-12(10)18-7-19-14/h1-7H,17H2. The fraction of sp³-hybridized carbons (Fsp3) is 0. The highest BCUT2D eigenvalue weighted by Gasteiger charge is 2.10. The Hall–Kier alpha value is -2.76. The molecule has 1 aromatic heterocycles. The lowest BCUT2D eigenvalue weighted by Crippen LogP contribution is -1.95. The van der Waals surface area contributed by atoms with Gasteiger partial charge < -0.3 is 10.5 Å². The Labute approximate surface area is 112 Å². The van der Waals surface area contributed by atoms with E-state index in [1.54, 1.807) is 18.2 Å². The number of nitrogen functional groups attached to an aromatic ring is 1. The Morgan fingerprint density at radius 2 is 1.85 bits per heavy atom. The van der Waals surface area contributed by atoms with Gasteiger partial charge in [-0.05, 0) is 30.3 Å². The molecule has 0 spiro atoms. The molecular weight excluding hydrogens is 264 g/mol. The Kier molecular flexibility index (Phi) is 2.90. The van der Waals surface area contributed by atoms with Gasteiger partial charge in [-0.3, -0.25) is 0 Å². The number of benzene rings is 2. The monoisotopic (exact) mass is 273 g/mol. The molecule has 2 N–H and O–H groups in total. The van der Waals surface area contributed by atoms with E-state index in [-0.39, 0.29) is 11.6 Å². The van der Waals surface area contributed by atoms with Crippen molar-refractivity contribution in [2.24, 2.45) is 0 Å². The van der Waals surface area contributed by atoms with Gasteiger partial charge in [-0.2, -0.15) is 0 Å². The van der Waals surface area contributed by atoms with Gasteiger partial charge >= 0.3 is 0 Å². The SMILES string of the molecule is Nc1ccc2ncnc(Oc3ccc(F)cc3F)c2c1. The molecule has 3 aromatic rings. The van der Waals surface area contributed by atoms with Crippen LogP contribution in [-0.4, -0.2) is 9.97 Å². The molecule has 0 radical (unpaired) electrons. The van der Waals surface area contributed by atoms with Crippen LogP contribution in [0.1, 0.15) is 0 Å².